The first kappa shape index (κ1) is 20.0. The van der Waals surface area contributed by atoms with Crippen LogP contribution in [0.4, 0.5) is 0 Å². The number of aromatic nitrogens is 4. The van der Waals surface area contributed by atoms with Gasteiger partial charge in [-0.05, 0) is 24.3 Å². The van der Waals surface area contributed by atoms with Gasteiger partial charge in [0.05, 0.1) is 32.7 Å². The summed E-state index contributed by atoms with van der Waals surface area (Å²) in [4.78, 5) is 25.1. The Balaban J connectivity index is 1.65. The Kier molecular flexibility index (Phi) is 5.48. The average molecular weight is 416 g/mol. The molecule has 4 rings (SSSR count). The summed E-state index contributed by atoms with van der Waals surface area (Å²) in [6, 6.07) is 6.34. The zero-order chi connectivity index (χ0) is 21.3. The summed E-state index contributed by atoms with van der Waals surface area (Å²) < 4.78 is 23.1. The molecular formula is C19H20N4O7. The van der Waals surface area contributed by atoms with Gasteiger partial charge in [0.25, 0.3) is 0 Å². The lowest BCUT2D eigenvalue weighted by atomic mass is 10.1. The highest BCUT2D eigenvalue weighted by Gasteiger charge is 2.47. The quantitative estimate of drug-likeness (QED) is 0.540. The molecule has 158 valence electrons. The normalized spacial score (nSPS) is 23.5. The SMILES string of the molecule is COc1ccc(C(=O)O[C@H]2[C@H](O)[C@@H](CO)O[C@H]2n2cnc3c(OC)ncnc32)cc1. The Morgan fingerprint density at radius 1 is 1.17 bits per heavy atom. The van der Waals surface area contributed by atoms with Crippen molar-refractivity contribution in [3.05, 3.63) is 42.5 Å². The highest BCUT2D eigenvalue weighted by atomic mass is 16.6. The van der Waals surface area contributed by atoms with Gasteiger partial charge in [-0.3, -0.25) is 4.57 Å². The first-order chi connectivity index (χ1) is 14.6. The van der Waals surface area contributed by atoms with Crippen LogP contribution in [0.5, 0.6) is 11.6 Å². The van der Waals surface area contributed by atoms with Crippen LogP contribution in [-0.4, -0.2) is 74.8 Å². The fourth-order valence-electron chi connectivity index (χ4n) is 3.30. The molecule has 0 amide bonds. The van der Waals surface area contributed by atoms with E-state index >= 15 is 0 Å². The number of fused-ring (bicyclic) bond motifs is 1. The van der Waals surface area contributed by atoms with Gasteiger partial charge in [0.2, 0.25) is 5.88 Å². The lowest BCUT2D eigenvalue weighted by Gasteiger charge is -2.22. The predicted octanol–water partition coefficient (Wildman–Crippen LogP) is 0.320. The van der Waals surface area contributed by atoms with Crippen LogP contribution in [-0.2, 0) is 9.47 Å². The van der Waals surface area contributed by atoms with E-state index < -0.39 is 37.1 Å². The molecule has 0 bridgehead atoms. The molecule has 0 radical (unpaired) electrons. The third kappa shape index (κ3) is 3.43. The Morgan fingerprint density at radius 2 is 1.93 bits per heavy atom. The highest BCUT2D eigenvalue weighted by molar-refractivity contribution is 5.89. The first-order valence-corrected chi connectivity index (χ1v) is 9.08. The van der Waals surface area contributed by atoms with Crippen molar-refractivity contribution in [2.45, 2.75) is 24.5 Å². The minimum atomic E-state index is -1.26. The number of aliphatic hydroxyl groups is 2. The maximum Gasteiger partial charge on any atom is 0.338 e. The monoisotopic (exact) mass is 416 g/mol. The average Bonchev–Trinajstić information content (AvgIpc) is 3.34. The van der Waals surface area contributed by atoms with Crippen molar-refractivity contribution in [1.29, 1.82) is 0 Å². The molecule has 11 nitrogen and oxygen atoms in total. The van der Waals surface area contributed by atoms with Crippen LogP contribution in [0.15, 0.2) is 36.9 Å². The van der Waals surface area contributed by atoms with Gasteiger partial charge >= 0.3 is 5.97 Å². The van der Waals surface area contributed by atoms with E-state index in [1.807, 2.05) is 0 Å². The molecule has 1 fully saturated rings. The summed E-state index contributed by atoms with van der Waals surface area (Å²) in [6.45, 7) is -0.459. The molecule has 0 spiro atoms. The number of ether oxygens (including phenoxy) is 4. The number of nitrogens with zero attached hydrogens (tertiary/aromatic N) is 4. The number of carbonyl (C=O) groups is 1. The molecule has 11 heteroatoms. The van der Waals surface area contributed by atoms with E-state index in [2.05, 4.69) is 15.0 Å². The maximum absolute atomic E-state index is 12.7. The first-order valence-electron chi connectivity index (χ1n) is 9.08. The van der Waals surface area contributed by atoms with Crippen molar-refractivity contribution in [1.82, 2.24) is 19.5 Å². The molecule has 1 aliphatic rings. The van der Waals surface area contributed by atoms with Crippen LogP contribution in [0, 0.1) is 0 Å². The number of esters is 1. The van der Waals surface area contributed by atoms with Gasteiger partial charge < -0.3 is 29.2 Å². The van der Waals surface area contributed by atoms with E-state index in [1.165, 1.54) is 31.4 Å². The number of methoxy groups -OCH3 is 2. The number of benzene rings is 1. The number of hydrogen-bond donors (Lipinski definition) is 2. The van der Waals surface area contributed by atoms with Gasteiger partial charge in [-0.15, -0.1) is 0 Å². The van der Waals surface area contributed by atoms with Crippen molar-refractivity contribution < 1.29 is 34.0 Å². The second-order valence-corrected chi connectivity index (χ2v) is 6.54. The van der Waals surface area contributed by atoms with Crippen LogP contribution in [0.3, 0.4) is 0 Å². The maximum atomic E-state index is 12.7. The Labute approximate surface area is 170 Å². The number of imidazole rings is 1. The summed E-state index contributed by atoms with van der Waals surface area (Å²) in [6.07, 6.45) is -1.58. The van der Waals surface area contributed by atoms with Crippen LogP contribution in [0.2, 0.25) is 0 Å². The van der Waals surface area contributed by atoms with Crippen molar-refractivity contribution in [2.75, 3.05) is 20.8 Å². The van der Waals surface area contributed by atoms with E-state index in [0.717, 1.165) is 0 Å². The summed E-state index contributed by atoms with van der Waals surface area (Å²) in [7, 11) is 2.98. The Bertz CT molecular complexity index is 1040. The minimum Gasteiger partial charge on any atom is -0.497 e. The zero-order valence-electron chi connectivity index (χ0n) is 16.2. The molecule has 2 N–H and O–H groups in total. The van der Waals surface area contributed by atoms with Crippen LogP contribution >= 0.6 is 0 Å². The number of hydrogen-bond acceptors (Lipinski definition) is 10. The molecule has 1 aromatic carbocycles. The van der Waals surface area contributed by atoms with Crippen molar-refractivity contribution in [3.8, 4) is 11.6 Å². The number of carbonyl (C=O) groups excluding carboxylic acids is 1. The van der Waals surface area contributed by atoms with E-state index in [4.69, 9.17) is 18.9 Å². The molecule has 30 heavy (non-hydrogen) atoms. The molecule has 3 aromatic rings. The molecule has 1 saturated heterocycles. The third-order valence-electron chi connectivity index (χ3n) is 4.85. The largest absolute Gasteiger partial charge is 0.497 e. The number of aliphatic hydroxyl groups excluding tert-OH is 2. The fraction of sp³-hybridized carbons (Fsp3) is 0.368. The standard InChI is InChI=1S/C19H20N4O7/c1-27-11-5-3-10(4-6-11)19(26)30-15-14(25)12(7-24)29-18(15)23-9-22-13-16(23)20-8-21-17(13)28-2/h3-6,8-9,12,14-15,18,24-25H,7H2,1-2H3/t12-,14-,15+,18-/m1/s1. The summed E-state index contributed by atoms with van der Waals surface area (Å²) in [5.74, 6) is 0.195. The molecular weight excluding hydrogens is 396 g/mol. The summed E-state index contributed by atoms with van der Waals surface area (Å²) >= 11 is 0. The fourth-order valence-corrected chi connectivity index (χ4v) is 3.30. The molecule has 0 unspecified atom stereocenters. The van der Waals surface area contributed by atoms with Gasteiger partial charge in [-0.25, -0.2) is 14.8 Å². The molecule has 1 aliphatic heterocycles. The van der Waals surface area contributed by atoms with E-state index in [1.54, 1.807) is 24.3 Å². The molecule has 4 atom stereocenters. The lowest BCUT2D eigenvalue weighted by Crippen LogP contribution is -2.37. The van der Waals surface area contributed by atoms with Crippen LogP contribution in [0.25, 0.3) is 11.2 Å². The summed E-state index contributed by atoms with van der Waals surface area (Å²) in [5, 5.41) is 20.2. The molecule has 2 aromatic heterocycles. The summed E-state index contributed by atoms with van der Waals surface area (Å²) in [5.41, 5.74) is 1.02. The Morgan fingerprint density at radius 3 is 2.60 bits per heavy atom. The van der Waals surface area contributed by atoms with Gasteiger partial charge in [0.15, 0.2) is 23.5 Å². The van der Waals surface area contributed by atoms with Crippen molar-refractivity contribution in [2.24, 2.45) is 0 Å². The second-order valence-electron chi connectivity index (χ2n) is 6.54. The third-order valence-corrected chi connectivity index (χ3v) is 4.85. The topological polar surface area (TPSA) is 138 Å². The predicted molar refractivity (Wildman–Crippen MR) is 101 cm³/mol. The minimum absolute atomic E-state index is 0.266. The molecule has 3 heterocycles. The van der Waals surface area contributed by atoms with Crippen LogP contribution in [0.1, 0.15) is 16.6 Å². The van der Waals surface area contributed by atoms with E-state index in [9.17, 15) is 15.0 Å². The highest BCUT2D eigenvalue weighted by Crippen LogP contribution is 2.35. The lowest BCUT2D eigenvalue weighted by molar-refractivity contribution is -0.0564. The zero-order valence-corrected chi connectivity index (χ0v) is 16.2. The van der Waals surface area contributed by atoms with Crippen LogP contribution < -0.4 is 9.47 Å². The number of rotatable bonds is 6. The van der Waals surface area contributed by atoms with Gasteiger partial charge in [0, 0.05) is 0 Å². The van der Waals surface area contributed by atoms with E-state index in [0.29, 0.717) is 16.9 Å². The van der Waals surface area contributed by atoms with Crippen molar-refractivity contribution in [3.63, 3.8) is 0 Å². The Hall–Kier alpha value is -3.28. The van der Waals surface area contributed by atoms with Gasteiger partial charge in [-0.2, -0.15) is 4.98 Å². The van der Waals surface area contributed by atoms with Gasteiger partial charge in [-0.1, -0.05) is 0 Å². The molecule has 0 saturated carbocycles. The van der Waals surface area contributed by atoms with E-state index in [-0.39, 0.29) is 11.4 Å². The smallest absolute Gasteiger partial charge is 0.338 e. The second kappa shape index (κ2) is 8.22. The van der Waals surface area contributed by atoms with Gasteiger partial charge in [0.1, 0.15) is 24.3 Å². The molecule has 0 aliphatic carbocycles. The van der Waals surface area contributed by atoms with Crippen molar-refractivity contribution >= 4 is 17.1 Å².